The van der Waals surface area contributed by atoms with Gasteiger partial charge in [-0.05, 0) is 0 Å². The van der Waals surface area contributed by atoms with E-state index in [9.17, 15) is 4.79 Å². The highest BCUT2D eigenvalue weighted by Gasteiger charge is 2.18. The number of aromatic nitrogens is 2. The predicted octanol–water partition coefficient (Wildman–Crippen LogP) is 0.269. The van der Waals surface area contributed by atoms with Crippen LogP contribution < -0.4 is 5.32 Å². The van der Waals surface area contributed by atoms with Crippen LogP contribution >= 0.6 is 0 Å². The van der Waals surface area contributed by atoms with Crippen LogP contribution in [0.25, 0.3) is 0 Å². The van der Waals surface area contributed by atoms with Crippen molar-refractivity contribution in [1.82, 2.24) is 15.3 Å². The maximum Gasteiger partial charge on any atom is 0.323 e. The summed E-state index contributed by atoms with van der Waals surface area (Å²) in [6.45, 7) is 4.14. The van der Waals surface area contributed by atoms with Crippen LogP contribution in [0.3, 0.4) is 0 Å². The molecule has 5 heteroatoms. The summed E-state index contributed by atoms with van der Waals surface area (Å²) in [5.41, 5.74) is 0.821. The van der Waals surface area contributed by atoms with E-state index >= 15 is 0 Å². The van der Waals surface area contributed by atoms with Crippen LogP contribution in [-0.4, -0.2) is 35.6 Å². The second-order valence-corrected chi connectivity index (χ2v) is 3.04. The first kappa shape index (κ1) is 11.5. The van der Waals surface area contributed by atoms with Crippen LogP contribution in [0.1, 0.15) is 5.69 Å². The van der Waals surface area contributed by atoms with E-state index < -0.39 is 0 Å². The van der Waals surface area contributed by atoms with Gasteiger partial charge in [-0.15, -0.1) is 6.58 Å². The largest absolute Gasteiger partial charge is 0.468 e. The number of hydrogen-bond donors (Lipinski definition) is 2. The number of carbonyl (C=O) groups excluding carboxylic acids is 1. The number of H-pyrrole nitrogens is 1. The highest BCUT2D eigenvalue weighted by molar-refractivity contribution is 5.75. The van der Waals surface area contributed by atoms with Crippen molar-refractivity contribution in [2.24, 2.45) is 0 Å². The maximum atomic E-state index is 11.4. The number of aromatic amines is 1. The summed E-state index contributed by atoms with van der Waals surface area (Å²) in [7, 11) is 1.37. The van der Waals surface area contributed by atoms with Gasteiger partial charge in [0.05, 0.1) is 19.1 Å². The van der Waals surface area contributed by atoms with Gasteiger partial charge in [0.1, 0.15) is 6.04 Å². The Labute approximate surface area is 88.6 Å². The summed E-state index contributed by atoms with van der Waals surface area (Å²) in [5, 5.41) is 3.01. The third kappa shape index (κ3) is 3.55. The van der Waals surface area contributed by atoms with Crippen molar-refractivity contribution >= 4 is 5.97 Å². The third-order valence-electron chi connectivity index (χ3n) is 1.96. The van der Waals surface area contributed by atoms with Gasteiger partial charge in [-0.25, -0.2) is 4.98 Å². The first-order valence-electron chi connectivity index (χ1n) is 4.67. The summed E-state index contributed by atoms with van der Waals surface area (Å²) in [4.78, 5) is 18.3. The zero-order chi connectivity index (χ0) is 11.1. The summed E-state index contributed by atoms with van der Waals surface area (Å²) in [6.07, 6.45) is 5.53. The molecular weight excluding hydrogens is 194 g/mol. The molecule has 0 spiro atoms. The normalized spacial score (nSPS) is 12.1. The van der Waals surface area contributed by atoms with Gasteiger partial charge in [0.15, 0.2) is 0 Å². The van der Waals surface area contributed by atoms with E-state index in [1.165, 1.54) is 7.11 Å². The lowest BCUT2D eigenvalue weighted by molar-refractivity contribution is -0.143. The molecule has 0 radical (unpaired) electrons. The molecule has 0 fully saturated rings. The van der Waals surface area contributed by atoms with Gasteiger partial charge < -0.3 is 15.0 Å². The van der Waals surface area contributed by atoms with E-state index in [-0.39, 0.29) is 12.0 Å². The smallest absolute Gasteiger partial charge is 0.323 e. The first-order chi connectivity index (χ1) is 7.27. The molecule has 0 aliphatic carbocycles. The zero-order valence-corrected chi connectivity index (χ0v) is 8.69. The van der Waals surface area contributed by atoms with Crippen LogP contribution in [-0.2, 0) is 16.0 Å². The average Bonchev–Trinajstić information content (AvgIpc) is 2.75. The minimum absolute atomic E-state index is 0.292. The SMILES string of the molecule is C=CCN[C@@H](Cc1c[nH]cn1)C(=O)OC. The molecule has 1 aromatic heterocycles. The van der Waals surface area contributed by atoms with Crippen molar-refractivity contribution in [2.75, 3.05) is 13.7 Å². The van der Waals surface area contributed by atoms with Gasteiger partial charge in [0, 0.05) is 19.2 Å². The fourth-order valence-electron chi connectivity index (χ4n) is 1.22. The van der Waals surface area contributed by atoms with Crippen molar-refractivity contribution in [2.45, 2.75) is 12.5 Å². The van der Waals surface area contributed by atoms with Gasteiger partial charge in [0.2, 0.25) is 0 Å². The number of carbonyl (C=O) groups is 1. The average molecular weight is 209 g/mol. The van der Waals surface area contributed by atoms with E-state index in [0.29, 0.717) is 13.0 Å². The molecule has 1 rings (SSSR count). The topological polar surface area (TPSA) is 67.0 Å². The van der Waals surface area contributed by atoms with Gasteiger partial charge in [-0.3, -0.25) is 4.79 Å². The summed E-state index contributed by atoms with van der Waals surface area (Å²) in [5.74, 6) is -0.292. The number of methoxy groups -OCH3 is 1. The molecular formula is C10H15N3O2. The highest BCUT2D eigenvalue weighted by Crippen LogP contribution is 2.00. The summed E-state index contributed by atoms with van der Waals surface area (Å²) < 4.78 is 4.68. The first-order valence-corrected chi connectivity index (χ1v) is 4.67. The Balaban J connectivity index is 2.55. The molecule has 82 valence electrons. The lowest BCUT2D eigenvalue weighted by atomic mass is 10.1. The molecule has 5 nitrogen and oxygen atoms in total. The Morgan fingerprint density at radius 2 is 2.67 bits per heavy atom. The molecule has 2 N–H and O–H groups in total. The molecule has 1 heterocycles. The van der Waals surface area contributed by atoms with Gasteiger partial charge in [-0.2, -0.15) is 0 Å². The second-order valence-electron chi connectivity index (χ2n) is 3.04. The third-order valence-corrected chi connectivity index (χ3v) is 1.96. The lowest BCUT2D eigenvalue weighted by Crippen LogP contribution is -2.39. The van der Waals surface area contributed by atoms with E-state index in [2.05, 4.69) is 26.6 Å². The predicted molar refractivity (Wildman–Crippen MR) is 56.3 cm³/mol. The minimum Gasteiger partial charge on any atom is -0.468 e. The second kappa shape index (κ2) is 5.98. The zero-order valence-electron chi connectivity index (χ0n) is 8.69. The number of esters is 1. The highest BCUT2D eigenvalue weighted by atomic mass is 16.5. The molecule has 0 aliphatic rings. The van der Waals surface area contributed by atoms with Crippen molar-refractivity contribution in [1.29, 1.82) is 0 Å². The Morgan fingerprint density at radius 1 is 1.87 bits per heavy atom. The number of rotatable bonds is 6. The molecule has 0 amide bonds. The van der Waals surface area contributed by atoms with Crippen LogP contribution in [0, 0.1) is 0 Å². The Kier molecular flexibility index (Phi) is 4.56. The Morgan fingerprint density at radius 3 is 3.20 bits per heavy atom. The Hall–Kier alpha value is -1.62. The van der Waals surface area contributed by atoms with Crippen LogP contribution in [0.5, 0.6) is 0 Å². The lowest BCUT2D eigenvalue weighted by Gasteiger charge is -2.13. The van der Waals surface area contributed by atoms with E-state index in [1.807, 2.05) is 0 Å². The molecule has 0 bridgehead atoms. The molecule has 0 saturated heterocycles. The van der Waals surface area contributed by atoms with Crippen LogP contribution in [0.4, 0.5) is 0 Å². The van der Waals surface area contributed by atoms with Gasteiger partial charge in [0.25, 0.3) is 0 Å². The number of ether oxygens (including phenoxy) is 1. The van der Waals surface area contributed by atoms with E-state index in [0.717, 1.165) is 5.69 Å². The standard InChI is InChI=1S/C10H15N3O2/c1-3-4-12-9(10(14)15-2)5-8-6-11-7-13-8/h3,6-7,9,12H,1,4-5H2,2H3,(H,11,13)/t9-/m0/s1. The van der Waals surface area contributed by atoms with Crippen molar-refractivity contribution in [3.8, 4) is 0 Å². The maximum absolute atomic E-state index is 11.4. The molecule has 1 atom stereocenters. The van der Waals surface area contributed by atoms with E-state index in [4.69, 9.17) is 0 Å². The monoisotopic (exact) mass is 209 g/mol. The van der Waals surface area contributed by atoms with Crippen LogP contribution in [0.15, 0.2) is 25.2 Å². The molecule has 0 aromatic carbocycles. The van der Waals surface area contributed by atoms with Crippen molar-refractivity contribution in [3.63, 3.8) is 0 Å². The number of imidazole rings is 1. The van der Waals surface area contributed by atoms with Crippen molar-refractivity contribution in [3.05, 3.63) is 30.9 Å². The van der Waals surface area contributed by atoms with Crippen molar-refractivity contribution < 1.29 is 9.53 Å². The summed E-state index contributed by atoms with van der Waals surface area (Å²) >= 11 is 0. The number of nitrogens with one attached hydrogen (secondary N) is 2. The molecule has 1 aromatic rings. The minimum atomic E-state index is -0.378. The quantitative estimate of drug-likeness (QED) is 0.521. The molecule has 0 unspecified atom stereocenters. The Bertz CT molecular complexity index is 308. The van der Waals surface area contributed by atoms with Gasteiger partial charge >= 0.3 is 5.97 Å². The molecule has 0 saturated carbocycles. The molecule has 0 aliphatic heterocycles. The van der Waals surface area contributed by atoms with Gasteiger partial charge in [-0.1, -0.05) is 6.08 Å². The fraction of sp³-hybridized carbons (Fsp3) is 0.400. The fourth-order valence-corrected chi connectivity index (χ4v) is 1.22. The number of nitrogens with zero attached hydrogens (tertiary/aromatic N) is 1. The molecule has 15 heavy (non-hydrogen) atoms. The number of hydrogen-bond acceptors (Lipinski definition) is 4. The van der Waals surface area contributed by atoms with Crippen LogP contribution in [0.2, 0.25) is 0 Å². The summed E-state index contributed by atoms with van der Waals surface area (Å²) in [6, 6.07) is -0.378. The van der Waals surface area contributed by atoms with E-state index in [1.54, 1.807) is 18.6 Å².